The van der Waals surface area contributed by atoms with Gasteiger partial charge in [0.15, 0.2) is 0 Å². The summed E-state index contributed by atoms with van der Waals surface area (Å²) < 4.78 is 13.0. The van der Waals surface area contributed by atoms with Crippen LogP contribution >= 0.6 is 54.5 Å². The van der Waals surface area contributed by atoms with Gasteiger partial charge in [0.05, 0.1) is 20.7 Å². The van der Waals surface area contributed by atoms with Crippen LogP contribution in [0.15, 0.2) is 45.3 Å². The fourth-order valence-electron chi connectivity index (χ4n) is 1.51. The molecule has 0 aromatic heterocycles. The van der Waals surface area contributed by atoms with Gasteiger partial charge in [-0.3, -0.25) is 0 Å². The highest BCUT2D eigenvalue weighted by Gasteiger charge is 2.13. The average Bonchev–Trinajstić information content (AvgIpc) is 2.41. The zero-order valence-electron chi connectivity index (χ0n) is 10.3. The highest BCUT2D eigenvalue weighted by molar-refractivity contribution is 14.1. The Morgan fingerprint density at radius 3 is 2.40 bits per heavy atom. The fourth-order valence-corrected chi connectivity index (χ4v) is 3.37. The summed E-state index contributed by atoms with van der Waals surface area (Å²) in [5.41, 5.74) is 0.477. The van der Waals surface area contributed by atoms with Crippen LogP contribution < -0.4 is 9.47 Å². The van der Waals surface area contributed by atoms with Gasteiger partial charge in [-0.15, -0.1) is 0 Å². The quantitative estimate of drug-likeness (QED) is 0.329. The number of carbonyl (C=O) groups is 1. The van der Waals surface area contributed by atoms with Crippen molar-refractivity contribution in [3.8, 4) is 11.5 Å². The number of esters is 1. The van der Waals surface area contributed by atoms with Crippen LogP contribution in [-0.4, -0.2) is 13.1 Å². The molecule has 20 heavy (non-hydrogen) atoms. The van der Waals surface area contributed by atoms with Crippen molar-refractivity contribution in [3.05, 3.63) is 54.5 Å². The predicted molar refractivity (Wildman–Crippen MR) is 92.5 cm³/mol. The van der Waals surface area contributed by atoms with Crippen LogP contribution in [0.2, 0.25) is 0 Å². The lowest BCUT2D eigenvalue weighted by molar-refractivity contribution is 0.0733. The lowest BCUT2D eigenvalue weighted by Gasteiger charge is -2.08. The fraction of sp³-hybridized carbons (Fsp3) is 0.0714. The Kier molecular flexibility index (Phi) is 5.45. The standard InChI is InChI=1S/C14H9Br2IO3/c1-19-13-4-2-8(6-11(13)17)14(18)20-12-5-3-9(15)7-10(12)16/h2-7H,1H3. The third-order valence-electron chi connectivity index (χ3n) is 2.48. The van der Waals surface area contributed by atoms with E-state index in [1.165, 1.54) is 0 Å². The Hall–Kier alpha value is -0.600. The van der Waals surface area contributed by atoms with Gasteiger partial charge in [-0.2, -0.15) is 0 Å². The largest absolute Gasteiger partial charge is 0.496 e. The molecule has 0 saturated carbocycles. The molecule has 6 heteroatoms. The summed E-state index contributed by atoms with van der Waals surface area (Å²) in [6.45, 7) is 0. The highest BCUT2D eigenvalue weighted by atomic mass is 127. The van der Waals surface area contributed by atoms with Gasteiger partial charge in [0.1, 0.15) is 11.5 Å². The molecule has 2 aromatic rings. The molecule has 2 aromatic carbocycles. The number of ether oxygens (including phenoxy) is 2. The maximum absolute atomic E-state index is 12.1. The summed E-state index contributed by atoms with van der Waals surface area (Å²) in [7, 11) is 1.59. The molecule has 0 N–H and O–H groups in total. The minimum absolute atomic E-state index is 0.409. The number of halogens is 3. The molecule has 2 rings (SSSR count). The van der Waals surface area contributed by atoms with Gasteiger partial charge in [-0.1, -0.05) is 15.9 Å². The van der Waals surface area contributed by atoms with Gasteiger partial charge in [0.2, 0.25) is 0 Å². The molecule has 0 unspecified atom stereocenters. The molecule has 104 valence electrons. The zero-order chi connectivity index (χ0) is 14.7. The van der Waals surface area contributed by atoms with Crippen LogP contribution in [0.5, 0.6) is 11.5 Å². The Labute approximate surface area is 147 Å². The number of benzene rings is 2. The van der Waals surface area contributed by atoms with Gasteiger partial charge >= 0.3 is 5.97 Å². The SMILES string of the molecule is COc1ccc(C(=O)Oc2ccc(Br)cc2Br)cc1I. The number of hydrogen-bond acceptors (Lipinski definition) is 3. The predicted octanol–water partition coefficient (Wildman–Crippen LogP) is 5.04. The van der Waals surface area contributed by atoms with Crippen LogP contribution in [0.4, 0.5) is 0 Å². The molecule has 0 radical (unpaired) electrons. The second kappa shape index (κ2) is 6.91. The Morgan fingerprint density at radius 1 is 1.10 bits per heavy atom. The lowest BCUT2D eigenvalue weighted by Crippen LogP contribution is -2.09. The van der Waals surface area contributed by atoms with Crippen molar-refractivity contribution in [2.45, 2.75) is 0 Å². The van der Waals surface area contributed by atoms with E-state index in [2.05, 4.69) is 54.5 Å². The Morgan fingerprint density at radius 2 is 1.80 bits per heavy atom. The van der Waals surface area contributed by atoms with E-state index in [0.717, 1.165) is 13.8 Å². The first-order valence-corrected chi connectivity index (χ1v) is 8.18. The van der Waals surface area contributed by atoms with E-state index in [-0.39, 0.29) is 0 Å². The molecular formula is C14H9Br2IO3. The molecule has 0 saturated heterocycles. The first-order chi connectivity index (χ1) is 9.51. The van der Waals surface area contributed by atoms with Crippen molar-refractivity contribution in [1.29, 1.82) is 0 Å². The maximum Gasteiger partial charge on any atom is 0.343 e. The summed E-state index contributed by atoms with van der Waals surface area (Å²) in [4.78, 5) is 12.1. The molecule has 0 bridgehead atoms. The van der Waals surface area contributed by atoms with Gasteiger partial charge < -0.3 is 9.47 Å². The van der Waals surface area contributed by atoms with Crippen molar-refractivity contribution in [3.63, 3.8) is 0 Å². The van der Waals surface area contributed by atoms with E-state index in [1.54, 1.807) is 31.4 Å². The molecule has 0 heterocycles. The number of carbonyl (C=O) groups excluding carboxylic acids is 1. The minimum Gasteiger partial charge on any atom is -0.496 e. The average molecular weight is 512 g/mol. The van der Waals surface area contributed by atoms with Crippen LogP contribution in [-0.2, 0) is 0 Å². The van der Waals surface area contributed by atoms with Gasteiger partial charge in [0.25, 0.3) is 0 Å². The molecule has 0 aliphatic carbocycles. The molecule has 0 spiro atoms. The number of methoxy groups -OCH3 is 1. The van der Waals surface area contributed by atoms with Gasteiger partial charge in [0, 0.05) is 4.47 Å². The van der Waals surface area contributed by atoms with Crippen molar-refractivity contribution in [2.24, 2.45) is 0 Å². The molecule has 0 aliphatic heterocycles. The van der Waals surface area contributed by atoms with Crippen LogP contribution in [0.1, 0.15) is 10.4 Å². The van der Waals surface area contributed by atoms with Gasteiger partial charge in [-0.25, -0.2) is 4.79 Å². The summed E-state index contributed by atoms with van der Waals surface area (Å²) in [5, 5.41) is 0. The second-order valence-corrected chi connectivity index (χ2v) is 6.75. The zero-order valence-corrected chi connectivity index (χ0v) is 15.7. The van der Waals surface area contributed by atoms with E-state index in [0.29, 0.717) is 15.8 Å². The first kappa shape index (κ1) is 15.8. The second-order valence-electron chi connectivity index (χ2n) is 3.81. The van der Waals surface area contributed by atoms with Crippen molar-refractivity contribution in [2.75, 3.05) is 7.11 Å². The summed E-state index contributed by atoms with van der Waals surface area (Å²) in [6.07, 6.45) is 0. The van der Waals surface area contributed by atoms with Crippen LogP contribution in [0.3, 0.4) is 0 Å². The minimum atomic E-state index is -0.409. The van der Waals surface area contributed by atoms with E-state index in [4.69, 9.17) is 9.47 Å². The summed E-state index contributed by atoms with van der Waals surface area (Å²) in [5.74, 6) is 0.796. The van der Waals surface area contributed by atoms with Crippen LogP contribution in [0.25, 0.3) is 0 Å². The van der Waals surface area contributed by atoms with E-state index in [9.17, 15) is 4.79 Å². The highest BCUT2D eigenvalue weighted by Crippen LogP contribution is 2.29. The third-order valence-corrected chi connectivity index (χ3v) is 4.44. The maximum atomic E-state index is 12.1. The van der Waals surface area contributed by atoms with Crippen molar-refractivity contribution in [1.82, 2.24) is 0 Å². The first-order valence-electron chi connectivity index (χ1n) is 5.52. The molecule has 0 fully saturated rings. The molecule has 0 amide bonds. The molecule has 0 aliphatic rings. The lowest BCUT2D eigenvalue weighted by atomic mass is 10.2. The monoisotopic (exact) mass is 510 g/mol. The Bertz CT molecular complexity index is 659. The van der Waals surface area contributed by atoms with E-state index in [1.807, 2.05) is 12.1 Å². The number of rotatable bonds is 3. The van der Waals surface area contributed by atoms with Crippen molar-refractivity contribution >= 4 is 60.4 Å². The molecule has 3 nitrogen and oxygen atoms in total. The Balaban J connectivity index is 2.21. The topological polar surface area (TPSA) is 35.5 Å². The summed E-state index contributed by atoms with van der Waals surface area (Å²) in [6, 6.07) is 10.5. The normalized spacial score (nSPS) is 10.2. The van der Waals surface area contributed by atoms with Crippen LogP contribution in [0, 0.1) is 3.57 Å². The molecule has 0 atom stereocenters. The summed E-state index contributed by atoms with van der Waals surface area (Å²) >= 11 is 8.82. The van der Waals surface area contributed by atoms with Gasteiger partial charge in [-0.05, 0) is 74.9 Å². The number of hydrogen-bond donors (Lipinski definition) is 0. The van der Waals surface area contributed by atoms with E-state index >= 15 is 0 Å². The van der Waals surface area contributed by atoms with E-state index < -0.39 is 5.97 Å². The smallest absolute Gasteiger partial charge is 0.343 e. The molecular weight excluding hydrogens is 503 g/mol. The van der Waals surface area contributed by atoms with Crippen molar-refractivity contribution < 1.29 is 14.3 Å². The third kappa shape index (κ3) is 3.73.